The van der Waals surface area contributed by atoms with E-state index in [1.54, 1.807) is 18.3 Å². The molecule has 0 radical (unpaired) electrons. The Labute approximate surface area is 165 Å². The van der Waals surface area contributed by atoms with Crippen LogP contribution >= 0.6 is 0 Å². The fourth-order valence-electron chi connectivity index (χ4n) is 3.21. The van der Waals surface area contributed by atoms with E-state index in [0.29, 0.717) is 12.4 Å². The maximum absolute atomic E-state index is 12.5. The lowest BCUT2D eigenvalue weighted by Crippen LogP contribution is -2.10. The minimum Gasteiger partial charge on any atom is -0.493 e. The van der Waals surface area contributed by atoms with Gasteiger partial charge in [-0.15, -0.1) is 0 Å². The van der Waals surface area contributed by atoms with Gasteiger partial charge in [0.15, 0.2) is 0 Å². The van der Waals surface area contributed by atoms with Gasteiger partial charge in [0.05, 0.1) is 6.61 Å². The molecule has 0 saturated carbocycles. The number of hydrogen-bond donors (Lipinski definition) is 1. The zero-order chi connectivity index (χ0) is 20.4. The quantitative estimate of drug-likeness (QED) is 0.595. The molecule has 0 spiro atoms. The summed E-state index contributed by atoms with van der Waals surface area (Å²) >= 11 is 0. The van der Waals surface area contributed by atoms with Gasteiger partial charge in [-0.05, 0) is 70.4 Å². The second kappa shape index (κ2) is 7.89. The highest BCUT2D eigenvalue weighted by molar-refractivity contribution is 6.04. The first-order chi connectivity index (χ1) is 13.3. The number of rotatable bonds is 5. The summed E-state index contributed by atoms with van der Waals surface area (Å²) in [6, 6.07) is 5.74. The highest BCUT2D eigenvalue weighted by Gasteiger charge is 2.18. The van der Waals surface area contributed by atoms with E-state index in [9.17, 15) is 4.79 Å². The second-order valence-corrected chi connectivity index (χ2v) is 7.01. The Bertz CT molecular complexity index is 1060. The molecule has 0 bridgehead atoms. The average Bonchev–Trinajstić information content (AvgIpc) is 2.94. The van der Waals surface area contributed by atoms with Crippen LogP contribution in [0.5, 0.6) is 5.75 Å². The molecular formula is C23H26N2O3. The first kappa shape index (κ1) is 19.7. The number of ether oxygens (including phenoxy) is 1. The minimum atomic E-state index is -0.228. The minimum absolute atomic E-state index is 0.228. The van der Waals surface area contributed by atoms with Gasteiger partial charge in [-0.3, -0.25) is 4.79 Å². The largest absolute Gasteiger partial charge is 0.493 e. The number of anilines is 1. The lowest BCUT2D eigenvalue weighted by atomic mass is 9.98. The van der Waals surface area contributed by atoms with Crippen LogP contribution in [0.1, 0.15) is 41.9 Å². The molecule has 1 aromatic carbocycles. The van der Waals surface area contributed by atoms with Gasteiger partial charge in [0.1, 0.15) is 22.9 Å². The number of pyridine rings is 1. The van der Waals surface area contributed by atoms with Crippen LogP contribution in [-0.4, -0.2) is 17.5 Å². The van der Waals surface area contributed by atoms with Crippen molar-refractivity contribution < 1.29 is 13.9 Å². The van der Waals surface area contributed by atoms with Crippen LogP contribution in [0.3, 0.4) is 0 Å². The molecule has 3 aromatic rings. The molecule has 5 nitrogen and oxygen atoms in total. The monoisotopic (exact) mass is 378 g/mol. The normalized spacial score (nSPS) is 11.7. The topological polar surface area (TPSA) is 64.4 Å². The van der Waals surface area contributed by atoms with E-state index in [1.165, 1.54) is 0 Å². The zero-order valence-electron chi connectivity index (χ0n) is 17.3. The molecular weight excluding hydrogens is 352 g/mol. The van der Waals surface area contributed by atoms with E-state index in [-0.39, 0.29) is 5.91 Å². The van der Waals surface area contributed by atoms with Gasteiger partial charge in [-0.1, -0.05) is 6.07 Å². The Hall–Kier alpha value is -3.08. The van der Waals surface area contributed by atoms with Crippen molar-refractivity contribution in [2.24, 2.45) is 0 Å². The van der Waals surface area contributed by atoms with Crippen LogP contribution in [0.15, 0.2) is 34.9 Å². The molecule has 5 heteroatoms. The summed E-state index contributed by atoms with van der Waals surface area (Å²) in [5.41, 5.74) is 5.63. The van der Waals surface area contributed by atoms with Crippen LogP contribution in [0.4, 0.5) is 5.82 Å². The number of amides is 1. The van der Waals surface area contributed by atoms with E-state index in [0.717, 1.165) is 50.3 Å². The third kappa shape index (κ3) is 3.79. The maximum atomic E-state index is 12.5. The number of fused-ring (bicyclic) bond motifs is 1. The molecule has 0 aliphatic rings. The molecule has 0 unspecified atom stereocenters. The van der Waals surface area contributed by atoms with Crippen molar-refractivity contribution in [3.63, 3.8) is 0 Å². The predicted molar refractivity (Wildman–Crippen MR) is 113 cm³/mol. The summed E-state index contributed by atoms with van der Waals surface area (Å²) in [5.74, 6) is 1.94. The van der Waals surface area contributed by atoms with Crippen LogP contribution in [0, 0.1) is 27.7 Å². The number of aromatic nitrogens is 1. The van der Waals surface area contributed by atoms with Crippen LogP contribution in [0.25, 0.3) is 16.5 Å². The van der Waals surface area contributed by atoms with E-state index in [2.05, 4.69) is 10.3 Å². The molecule has 146 valence electrons. The fraction of sp³-hybridized carbons (Fsp3) is 0.304. The van der Waals surface area contributed by atoms with Gasteiger partial charge >= 0.3 is 0 Å². The van der Waals surface area contributed by atoms with E-state index in [1.807, 2.05) is 53.7 Å². The first-order valence-electron chi connectivity index (χ1n) is 9.40. The number of nitrogens with zero attached hydrogens (tertiary/aromatic N) is 1. The molecule has 1 N–H and O–H groups in total. The van der Waals surface area contributed by atoms with Gasteiger partial charge < -0.3 is 14.5 Å². The first-order valence-corrected chi connectivity index (χ1v) is 9.40. The lowest BCUT2D eigenvalue weighted by Gasteiger charge is -2.14. The number of aryl methyl sites for hydroxylation is 4. The van der Waals surface area contributed by atoms with Gasteiger partial charge in [0, 0.05) is 28.8 Å². The molecule has 0 aliphatic heterocycles. The van der Waals surface area contributed by atoms with E-state index in [4.69, 9.17) is 9.15 Å². The summed E-state index contributed by atoms with van der Waals surface area (Å²) in [5, 5.41) is 3.85. The third-order valence-corrected chi connectivity index (χ3v) is 4.87. The summed E-state index contributed by atoms with van der Waals surface area (Å²) in [4.78, 5) is 16.7. The molecule has 0 fully saturated rings. The molecule has 0 atom stereocenters. The molecule has 1 amide bonds. The van der Waals surface area contributed by atoms with Crippen molar-refractivity contribution in [2.75, 3.05) is 11.9 Å². The molecule has 2 aromatic heterocycles. The van der Waals surface area contributed by atoms with Crippen molar-refractivity contribution in [1.29, 1.82) is 0 Å². The Morgan fingerprint density at radius 2 is 1.96 bits per heavy atom. The molecule has 0 aliphatic carbocycles. The average molecular weight is 378 g/mol. The smallest absolute Gasteiger partial charge is 0.249 e. The summed E-state index contributed by atoms with van der Waals surface area (Å²) in [7, 11) is 0. The van der Waals surface area contributed by atoms with E-state index < -0.39 is 0 Å². The van der Waals surface area contributed by atoms with Gasteiger partial charge in [0.25, 0.3) is 0 Å². The van der Waals surface area contributed by atoms with Crippen molar-refractivity contribution in [3.05, 3.63) is 58.5 Å². The fourth-order valence-corrected chi connectivity index (χ4v) is 3.21. The second-order valence-electron chi connectivity index (χ2n) is 7.01. The molecule has 3 rings (SSSR count). The highest BCUT2D eigenvalue weighted by atomic mass is 16.5. The Balaban J connectivity index is 2.01. The number of carbonyl (C=O) groups is 1. The van der Waals surface area contributed by atoms with E-state index >= 15 is 0 Å². The third-order valence-electron chi connectivity index (χ3n) is 4.87. The number of allylic oxidation sites excluding steroid dienone is 1. The summed E-state index contributed by atoms with van der Waals surface area (Å²) < 4.78 is 11.8. The van der Waals surface area contributed by atoms with Crippen molar-refractivity contribution in [1.82, 2.24) is 4.98 Å². The highest BCUT2D eigenvalue weighted by Crippen LogP contribution is 2.38. The van der Waals surface area contributed by atoms with Crippen molar-refractivity contribution in [3.8, 4) is 5.75 Å². The predicted octanol–water partition coefficient (Wildman–Crippen LogP) is 5.50. The standard InChI is InChI=1S/C23H26N2O3/c1-7-27-22-16(5)23-19(15(4)17(6)28-23)11-18(22)14(3)10-21(26)25-20-9-8-13(2)12-24-20/h8-12H,7H2,1-6H3,(H,24,25,26)/b14-10+. The summed E-state index contributed by atoms with van der Waals surface area (Å²) in [6.45, 7) is 12.3. The number of hydrogen-bond acceptors (Lipinski definition) is 4. The number of benzene rings is 1. The summed E-state index contributed by atoms with van der Waals surface area (Å²) in [6.07, 6.45) is 3.30. The number of carbonyl (C=O) groups excluding carboxylic acids is 1. The Kier molecular flexibility index (Phi) is 5.54. The number of furan rings is 1. The van der Waals surface area contributed by atoms with Gasteiger partial charge in [0.2, 0.25) is 5.91 Å². The number of nitrogens with one attached hydrogen (secondary N) is 1. The SMILES string of the molecule is CCOc1c(/C(C)=C/C(=O)Nc2ccc(C)cn2)cc2c(C)c(C)oc2c1C. The van der Waals surface area contributed by atoms with Crippen molar-refractivity contribution >= 4 is 28.3 Å². The van der Waals surface area contributed by atoms with Crippen LogP contribution in [0.2, 0.25) is 0 Å². The van der Waals surface area contributed by atoms with Gasteiger partial charge in [-0.2, -0.15) is 0 Å². The zero-order valence-corrected chi connectivity index (χ0v) is 17.3. The van der Waals surface area contributed by atoms with Crippen LogP contribution in [-0.2, 0) is 4.79 Å². The Morgan fingerprint density at radius 1 is 1.21 bits per heavy atom. The Morgan fingerprint density at radius 3 is 2.61 bits per heavy atom. The van der Waals surface area contributed by atoms with Crippen LogP contribution < -0.4 is 10.1 Å². The lowest BCUT2D eigenvalue weighted by molar-refractivity contribution is -0.111. The van der Waals surface area contributed by atoms with Crippen molar-refractivity contribution in [2.45, 2.75) is 41.5 Å². The molecule has 0 saturated heterocycles. The van der Waals surface area contributed by atoms with Gasteiger partial charge in [-0.25, -0.2) is 4.98 Å². The molecule has 28 heavy (non-hydrogen) atoms. The molecule has 2 heterocycles. The maximum Gasteiger partial charge on any atom is 0.249 e.